The van der Waals surface area contributed by atoms with E-state index < -0.39 is 12.2 Å². The highest BCUT2D eigenvalue weighted by Gasteiger charge is 2.20. The predicted octanol–water partition coefficient (Wildman–Crippen LogP) is 4.42. The van der Waals surface area contributed by atoms with Crippen LogP contribution in [0.5, 0.6) is 23.1 Å². The van der Waals surface area contributed by atoms with Gasteiger partial charge in [-0.1, -0.05) is 18.2 Å². The smallest absolute Gasteiger partial charge is 0.423 e. The minimum absolute atomic E-state index is 0.0779. The highest BCUT2D eigenvalue weighted by molar-refractivity contribution is 5.92. The average molecular weight is 502 g/mol. The number of benzene rings is 2. The molecule has 4 aromatic rings. The van der Waals surface area contributed by atoms with Gasteiger partial charge in [0, 0.05) is 36.9 Å². The van der Waals surface area contributed by atoms with Crippen molar-refractivity contribution in [3.8, 4) is 23.1 Å². The molecule has 3 heterocycles. The highest BCUT2D eigenvalue weighted by atomic mass is 16.6. The van der Waals surface area contributed by atoms with Gasteiger partial charge in [0.25, 0.3) is 0 Å². The fourth-order valence-corrected chi connectivity index (χ4v) is 3.73. The van der Waals surface area contributed by atoms with Crippen LogP contribution in [0.1, 0.15) is 0 Å². The lowest BCUT2D eigenvalue weighted by Crippen LogP contribution is -2.42. The van der Waals surface area contributed by atoms with Gasteiger partial charge in [0.05, 0.1) is 18.7 Å². The molecule has 1 aliphatic heterocycles. The Hall–Kier alpha value is -4.90. The number of nitrogens with one attached hydrogen (secondary N) is 1. The molecule has 37 heavy (non-hydrogen) atoms. The van der Waals surface area contributed by atoms with Gasteiger partial charge in [-0.3, -0.25) is 4.57 Å². The van der Waals surface area contributed by atoms with E-state index in [4.69, 9.17) is 18.9 Å². The van der Waals surface area contributed by atoms with E-state index in [1.54, 1.807) is 70.3 Å². The van der Waals surface area contributed by atoms with Gasteiger partial charge in [-0.2, -0.15) is 0 Å². The number of aromatic nitrogens is 2. The van der Waals surface area contributed by atoms with Gasteiger partial charge in [-0.05, 0) is 42.5 Å². The Labute approximate surface area is 211 Å². The summed E-state index contributed by atoms with van der Waals surface area (Å²) >= 11 is 0. The van der Waals surface area contributed by atoms with Crippen molar-refractivity contribution < 1.29 is 33.3 Å². The number of pyridine rings is 1. The molecule has 2 aromatic heterocycles. The molecule has 11 heteroatoms. The lowest BCUT2D eigenvalue weighted by molar-refractivity contribution is 0.0538. The van der Waals surface area contributed by atoms with Crippen LogP contribution >= 0.6 is 0 Å². The highest BCUT2D eigenvalue weighted by Crippen LogP contribution is 2.28. The first-order valence-electron chi connectivity index (χ1n) is 11.4. The summed E-state index contributed by atoms with van der Waals surface area (Å²) in [5.41, 5.74) is 0.752. The molecule has 0 atom stereocenters. The number of amides is 3. The Morgan fingerprint density at radius 3 is 2.41 bits per heavy atom. The fraction of sp³-hybridized carbons (Fsp3) is 0.154. The molecule has 188 valence electrons. The van der Waals surface area contributed by atoms with E-state index in [-0.39, 0.29) is 17.7 Å². The van der Waals surface area contributed by atoms with E-state index in [0.29, 0.717) is 37.8 Å². The number of nitrogens with zero attached hydrogens (tertiary/aromatic N) is 3. The SMILES string of the molecule is O=C(NC(=O)Oc1cc(Oc2ccc3c(ccn3C(=O)N3CCOCC3)c2)ccn1)Oc1ccccc1. The van der Waals surface area contributed by atoms with Crippen LogP contribution in [0.2, 0.25) is 0 Å². The van der Waals surface area contributed by atoms with Gasteiger partial charge in [-0.15, -0.1) is 0 Å². The number of ether oxygens (including phenoxy) is 4. The van der Waals surface area contributed by atoms with Crippen molar-refractivity contribution in [3.05, 3.63) is 79.1 Å². The molecule has 1 N–H and O–H groups in total. The summed E-state index contributed by atoms with van der Waals surface area (Å²) < 4.78 is 22.9. The molecule has 1 fully saturated rings. The van der Waals surface area contributed by atoms with Crippen molar-refractivity contribution in [2.24, 2.45) is 0 Å². The van der Waals surface area contributed by atoms with E-state index in [2.05, 4.69) is 4.98 Å². The zero-order valence-electron chi connectivity index (χ0n) is 19.5. The number of imide groups is 1. The van der Waals surface area contributed by atoms with Crippen LogP contribution in [-0.4, -0.2) is 59.0 Å². The summed E-state index contributed by atoms with van der Waals surface area (Å²) in [5.74, 6) is 1.06. The largest absolute Gasteiger partial charge is 0.457 e. The molecular weight excluding hydrogens is 480 g/mol. The van der Waals surface area contributed by atoms with Crippen LogP contribution in [-0.2, 0) is 4.74 Å². The molecule has 0 saturated carbocycles. The number of carbonyl (C=O) groups is 3. The van der Waals surface area contributed by atoms with Crippen LogP contribution < -0.4 is 19.5 Å². The molecular formula is C26H22N4O7. The lowest BCUT2D eigenvalue weighted by Gasteiger charge is -2.27. The number of hydrogen-bond donors (Lipinski definition) is 1. The molecule has 0 spiro atoms. The maximum absolute atomic E-state index is 12.9. The van der Waals surface area contributed by atoms with E-state index >= 15 is 0 Å². The maximum Gasteiger partial charge on any atom is 0.423 e. The van der Waals surface area contributed by atoms with E-state index in [1.807, 2.05) is 11.4 Å². The van der Waals surface area contributed by atoms with E-state index in [1.165, 1.54) is 12.3 Å². The number of hydrogen-bond acceptors (Lipinski definition) is 8. The average Bonchev–Trinajstić information content (AvgIpc) is 3.32. The van der Waals surface area contributed by atoms with Crippen molar-refractivity contribution in [3.63, 3.8) is 0 Å². The molecule has 1 aliphatic rings. The normalized spacial score (nSPS) is 13.1. The van der Waals surface area contributed by atoms with E-state index in [0.717, 1.165) is 10.9 Å². The van der Waals surface area contributed by atoms with Crippen LogP contribution in [0.3, 0.4) is 0 Å². The van der Waals surface area contributed by atoms with Crippen LogP contribution in [0.15, 0.2) is 79.1 Å². The summed E-state index contributed by atoms with van der Waals surface area (Å²) in [6.07, 6.45) is 1.08. The third kappa shape index (κ3) is 5.85. The topological polar surface area (TPSA) is 121 Å². The first kappa shape index (κ1) is 23.8. The van der Waals surface area contributed by atoms with Gasteiger partial charge in [0.2, 0.25) is 5.88 Å². The summed E-state index contributed by atoms with van der Waals surface area (Å²) in [7, 11) is 0. The summed E-state index contributed by atoms with van der Waals surface area (Å²) in [5, 5.41) is 2.78. The number of rotatable bonds is 4. The monoisotopic (exact) mass is 502 g/mol. The quantitative estimate of drug-likeness (QED) is 0.435. The standard InChI is InChI=1S/C26H22N4O7/c31-24(36-19-4-2-1-3-5-19)28-25(32)37-23-17-21(8-10-27-23)35-20-6-7-22-18(16-20)9-11-30(22)26(33)29-12-14-34-15-13-29/h1-11,16-17H,12-15H2,(H,28,31,32). The summed E-state index contributed by atoms with van der Waals surface area (Å²) in [4.78, 5) is 42.5. The second kappa shape index (κ2) is 10.8. The van der Waals surface area contributed by atoms with Gasteiger partial charge in [-0.25, -0.2) is 24.7 Å². The Balaban J connectivity index is 1.21. The third-order valence-corrected chi connectivity index (χ3v) is 5.45. The fourth-order valence-electron chi connectivity index (χ4n) is 3.73. The number of morpholine rings is 1. The zero-order chi connectivity index (χ0) is 25.6. The predicted molar refractivity (Wildman–Crippen MR) is 131 cm³/mol. The molecule has 2 aromatic carbocycles. The number of carbonyl (C=O) groups excluding carboxylic acids is 3. The maximum atomic E-state index is 12.9. The Bertz CT molecular complexity index is 1430. The van der Waals surface area contributed by atoms with Gasteiger partial charge in [0.15, 0.2) is 0 Å². The van der Waals surface area contributed by atoms with E-state index in [9.17, 15) is 14.4 Å². The van der Waals surface area contributed by atoms with Crippen molar-refractivity contribution in [2.75, 3.05) is 26.3 Å². The summed E-state index contributed by atoms with van der Waals surface area (Å²) in [6.45, 7) is 2.16. The molecule has 0 aliphatic carbocycles. The summed E-state index contributed by atoms with van der Waals surface area (Å²) in [6, 6.07) is 18.3. The molecule has 0 unspecified atom stereocenters. The molecule has 5 rings (SSSR count). The second-order valence-electron chi connectivity index (χ2n) is 7.94. The van der Waals surface area contributed by atoms with Crippen LogP contribution in [0.25, 0.3) is 10.9 Å². The Morgan fingerprint density at radius 1 is 0.838 bits per heavy atom. The second-order valence-corrected chi connectivity index (χ2v) is 7.94. The van der Waals surface area contributed by atoms with Crippen LogP contribution in [0.4, 0.5) is 14.4 Å². The number of fused-ring (bicyclic) bond motifs is 1. The zero-order valence-corrected chi connectivity index (χ0v) is 19.5. The van der Waals surface area contributed by atoms with Crippen molar-refractivity contribution >= 4 is 29.1 Å². The first-order chi connectivity index (χ1) is 18.0. The lowest BCUT2D eigenvalue weighted by atomic mass is 10.2. The third-order valence-electron chi connectivity index (χ3n) is 5.45. The molecule has 11 nitrogen and oxygen atoms in total. The number of para-hydroxylation sites is 1. The minimum Gasteiger partial charge on any atom is -0.457 e. The molecule has 3 amide bonds. The molecule has 1 saturated heterocycles. The van der Waals surface area contributed by atoms with Gasteiger partial charge in [0.1, 0.15) is 17.2 Å². The van der Waals surface area contributed by atoms with Gasteiger partial charge < -0.3 is 23.8 Å². The Kier molecular flexibility index (Phi) is 6.95. The van der Waals surface area contributed by atoms with Crippen molar-refractivity contribution in [2.45, 2.75) is 0 Å². The van der Waals surface area contributed by atoms with Crippen molar-refractivity contribution in [1.82, 2.24) is 19.8 Å². The van der Waals surface area contributed by atoms with Crippen molar-refractivity contribution in [1.29, 1.82) is 0 Å². The Morgan fingerprint density at radius 2 is 1.59 bits per heavy atom. The van der Waals surface area contributed by atoms with Crippen LogP contribution in [0, 0.1) is 0 Å². The van der Waals surface area contributed by atoms with Gasteiger partial charge >= 0.3 is 18.2 Å². The molecule has 0 radical (unpaired) electrons. The first-order valence-corrected chi connectivity index (χ1v) is 11.4. The minimum atomic E-state index is -1.06. The molecule has 0 bridgehead atoms.